The van der Waals surface area contributed by atoms with Gasteiger partial charge < -0.3 is 14.7 Å². The van der Waals surface area contributed by atoms with E-state index in [0.717, 1.165) is 54.8 Å². The number of piperidine rings is 3. The fraction of sp³-hybridized carbons (Fsp3) is 0.500. The van der Waals surface area contributed by atoms with E-state index < -0.39 is 0 Å². The lowest BCUT2D eigenvalue weighted by Crippen LogP contribution is -2.65. The van der Waals surface area contributed by atoms with E-state index in [2.05, 4.69) is 28.9 Å². The SMILES string of the molecule is Cc1ccc(O)cc1.Cc1ccc(OC2=C(C=O)CC[C@@H]3[C@H]4CCCN5CCC[C@@H](CN23)[C@@H]45)cc1. The van der Waals surface area contributed by atoms with Gasteiger partial charge in [-0.05, 0) is 102 Å². The molecule has 3 saturated heterocycles. The molecule has 1 N–H and O–H groups in total. The number of fused-ring (bicyclic) bond motifs is 2. The van der Waals surface area contributed by atoms with Gasteiger partial charge in [0.2, 0.25) is 5.88 Å². The molecule has 5 nitrogen and oxygen atoms in total. The lowest BCUT2D eigenvalue weighted by molar-refractivity contribution is -0.107. The largest absolute Gasteiger partial charge is 0.508 e. The average molecular weight is 475 g/mol. The van der Waals surface area contributed by atoms with E-state index >= 15 is 0 Å². The minimum absolute atomic E-state index is 0.329. The van der Waals surface area contributed by atoms with Crippen LogP contribution in [0.15, 0.2) is 60.0 Å². The van der Waals surface area contributed by atoms with E-state index in [1.54, 1.807) is 12.1 Å². The first kappa shape index (κ1) is 23.9. The van der Waals surface area contributed by atoms with Crippen molar-refractivity contribution < 1.29 is 14.6 Å². The van der Waals surface area contributed by atoms with Crippen LogP contribution in [0.1, 0.15) is 49.7 Å². The van der Waals surface area contributed by atoms with Gasteiger partial charge in [0.1, 0.15) is 11.5 Å². The quantitative estimate of drug-likeness (QED) is 0.599. The van der Waals surface area contributed by atoms with E-state index in [0.29, 0.717) is 17.7 Å². The Morgan fingerprint density at radius 2 is 1.57 bits per heavy atom. The summed E-state index contributed by atoms with van der Waals surface area (Å²) in [5.74, 6) is 3.44. The first-order chi connectivity index (χ1) is 17.0. The van der Waals surface area contributed by atoms with Crippen molar-refractivity contribution in [1.82, 2.24) is 9.80 Å². The average Bonchev–Trinajstić information content (AvgIpc) is 2.88. The lowest BCUT2D eigenvalue weighted by Gasteiger charge is -2.59. The molecule has 5 heteroatoms. The Balaban J connectivity index is 0.000000271. The van der Waals surface area contributed by atoms with Crippen LogP contribution in [0.5, 0.6) is 11.5 Å². The Hall–Kier alpha value is -2.79. The summed E-state index contributed by atoms with van der Waals surface area (Å²) in [6, 6.07) is 16.6. The molecule has 2 aromatic carbocycles. The van der Waals surface area contributed by atoms with Crippen molar-refractivity contribution in [2.24, 2.45) is 11.8 Å². The van der Waals surface area contributed by atoms with E-state index in [1.807, 2.05) is 31.2 Å². The number of aromatic hydroxyl groups is 1. The predicted molar refractivity (Wildman–Crippen MR) is 138 cm³/mol. The molecule has 0 spiro atoms. The summed E-state index contributed by atoms with van der Waals surface area (Å²) in [6.45, 7) is 7.68. The molecule has 6 rings (SSSR count). The number of allylic oxidation sites excluding steroid dienone is 1. The molecule has 0 bridgehead atoms. The van der Waals surface area contributed by atoms with Crippen LogP contribution >= 0.6 is 0 Å². The van der Waals surface area contributed by atoms with E-state index in [4.69, 9.17) is 9.84 Å². The van der Waals surface area contributed by atoms with Gasteiger partial charge in [0.15, 0.2) is 6.29 Å². The normalized spacial score (nSPS) is 27.8. The predicted octanol–water partition coefficient (Wildman–Crippen LogP) is 5.45. The topological polar surface area (TPSA) is 53.0 Å². The van der Waals surface area contributed by atoms with Gasteiger partial charge in [-0.15, -0.1) is 0 Å². The number of ether oxygens (including phenoxy) is 1. The molecule has 0 aliphatic carbocycles. The van der Waals surface area contributed by atoms with Crippen molar-refractivity contribution in [3.05, 3.63) is 71.1 Å². The molecule has 0 amide bonds. The maximum Gasteiger partial charge on any atom is 0.202 e. The highest BCUT2D eigenvalue weighted by Gasteiger charge is 2.50. The van der Waals surface area contributed by atoms with Crippen LogP contribution in [-0.2, 0) is 4.79 Å². The number of hydrogen-bond donors (Lipinski definition) is 1. The molecule has 4 aliphatic heterocycles. The summed E-state index contributed by atoms with van der Waals surface area (Å²) in [4.78, 5) is 17.1. The number of aryl methyl sites for hydroxylation is 2. The van der Waals surface area contributed by atoms with Crippen molar-refractivity contribution >= 4 is 6.29 Å². The molecule has 3 fully saturated rings. The van der Waals surface area contributed by atoms with Gasteiger partial charge in [0.25, 0.3) is 0 Å². The second-order valence-corrected chi connectivity index (χ2v) is 10.7. The molecule has 186 valence electrons. The first-order valence-corrected chi connectivity index (χ1v) is 13.2. The monoisotopic (exact) mass is 474 g/mol. The zero-order valence-corrected chi connectivity index (χ0v) is 21.0. The number of aldehydes is 1. The Kier molecular flexibility index (Phi) is 7.14. The van der Waals surface area contributed by atoms with Crippen LogP contribution in [0.2, 0.25) is 0 Å². The fourth-order valence-corrected chi connectivity index (χ4v) is 6.69. The second kappa shape index (κ2) is 10.4. The van der Waals surface area contributed by atoms with Gasteiger partial charge in [-0.25, -0.2) is 0 Å². The lowest BCUT2D eigenvalue weighted by atomic mass is 9.68. The number of carbonyl (C=O) groups is 1. The van der Waals surface area contributed by atoms with E-state index in [-0.39, 0.29) is 0 Å². The summed E-state index contributed by atoms with van der Waals surface area (Å²) < 4.78 is 6.36. The van der Waals surface area contributed by atoms with Crippen molar-refractivity contribution in [1.29, 1.82) is 0 Å². The van der Waals surface area contributed by atoms with Crippen molar-refractivity contribution in [3.8, 4) is 11.5 Å². The number of phenols is 1. The smallest absolute Gasteiger partial charge is 0.202 e. The third kappa shape index (κ3) is 5.11. The maximum absolute atomic E-state index is 11.8. The highest BCUT2D eigenvalue weighted by Crippen LogP contribution is 2.46. The Morgan fingerprint density at radius 3 is 2.23 bits per heavy atom. The van der Waals surface area contributed by atoms with E-state index in [9.17, 15) is 4.79 Å². The molecule has 4 atom stereocenters. The second-order valence-electron chi connectivity index (χ2n) is 10.7. The molecule has 0 aromatic heterocycles. The molecule has 0 radical (unpaired) electrons. The fourth-order valence-electron chi connectivity index (χ4n) is 6.69. The molecule has 35 heavy (non-hydrogen) atoms. The zero-order valence-electron chi connectivity index (χ0n) is 21.0. The first-order valence-electron chi connectivity index (χ1n) is 13.2. The highest BCUT2D eigenvalue weighted by molar-refractivity contribution is 5.74. The van der Waals surface area contributed by atoms with Gasteiger partial charge in [-0.2, -0.15) is 0 Å². The number of phenolic OH excluding ortho intramolecular Hbond substituents is 1. The van der Waals surface area contributed by atoms with Crippen LogP contribution in [0.25, 0.3) is 0 Å². The third-order valence-electron chi connectivity index (χ3n) is 8.33. The zero-order chi connectivity index (χ0) is 24.4. The molecular formula is C30H38N2O3. The summed E-state index contributed by atoms with van der Waals surface area (Å²) in [5.41, 5.74) is 3.23. The summed E-state index contributed by atoms with van der Waals surface area (Å²) >= 11 is 0. The van der Waals surface area contributed by atoms with Crippen LogP contribution in [0.3, 0.4) is 0 Å². The van der Waals surface area contributed by atoms with Crippen molar-refractivity contribution in [3.63, 3.8) is 0 Å². The van der Waals surface area contributed by atoms with Gasteiger partial charge in [0.05, 0.1) is 5.57 Å². The van der Waals surface area contributed by atoms with Crippen LogP contribution < -0.4 is 4.74 Å². The Morgan fingerprint density at radius 1 is 0.914 bits per heavy atom. The van der Waals surface area contributed by atoms with Gasteiger partial charge in [-0.3, -0.25) is 9.69 Å². The third-order valence-corrected chi connectivity index (χ3v) is 8.33. The number of benzene rings is 2. The van der Waals surface area contributed by atoms with Crippen LogP contribution in [-0.4, -0.2) is 52.9 Å². The highest BCUT2D eigenvalue weighted by atomic mass is 16.5. The number of hydrogen-bond acceptors (Lipinski definition) is 5. The molecule has 4 aliphatic rings. The summed E-state index contributed by atoms with van der Waals surface area (Å²) in [7, 11) is 0. The standard InChI is InChI=1S/C23H30N2O2.C7H8O/c1-16-6-9-19(10-7-16)27-23-18(15-26)8-11-21-20-5-3-13-24-12-2-4-17(22(20)24)14-25(21)23;1-6-2-4-7(8)5-3-6/h6-7,9-10,15,17,20-22H,2-5,8,11-14H2,1H3;2-5,8H,1H3/t17-,20+,21+,22-;/m0./s1. The number of carbonyl (C=O) groups excluding carboxylic acids is 1. The maximum atomic E-state index is 11.8. The molecule has 4 heterocycles. The molecular weight excluding hydrogens is 436 g/mol. The Labute approximate surface area is 209 Å². The summed E-state index contributed by atoms with van der Waals surface area (Å²) in [6.07, 6.45) is 8.24. The van der Waals surface area contributed by atoms with Crippen LogP contribution in [0.4, 0.5) is 0 Å². The van der Waals surface area contributed by atoms with Crippen molar-refractivity contribution in [2.45, 2.75) is 64.5 Å². The Bertz CT molecular complexity index is 1020. The minimum Gasteiger partial charge on any atom is -0.508 e. The molecule has 2 aromatic rings. The van der Waals surface area contributed by atoms with Gasteiger partial charge in [0, 0.05) is 18.6 Å². The number of rotatable bonds is 3. The minimum atomic E-state index is 0.329. The van der Waals surface area contributed by atoms with Gasteiger partial charge in [-0.1, -0.05) is 35.4 Å². The summed E-state index contributed by atoms with van der Waals surface area (Å²) in [5, 5.41) is 8.76. The van der Waals surface area contributed by atoms with E-state index in [1.165, 1.54) is 49.9 Å². The number of nitrogens with zero attached hydrogens (tertiary/aromatic N) is 2. The van der Waals surface area contributed by atoms with Crippen molar-refractivity contribution in [2.75, 3.05) is 19.6 Å². The van der Waals surface area contributed by atoms with Gasteiger partial charge >= 0.3 is 0 Å². The van der Waals surface area contributed by atoms with Crippen LogP contribution in [0, 0.1) is 25.7 Å². The molecule has 0 unspecified atom stereocenters. The molecule has 0 saturated carbocycles.